The van der Waals surface area contributed by atoms with Gasteiger partial charge in [-0.1, -0.05) is 0 Å². The van der Waals surface area contributed by atoms with Gasteiger partial charge in [-0.15, -0.1) is 0 Å². The average Bonchev–Trinajstić information content (AvgIpc) is 2.92. The molecule has 0 aromatic carbocycles. The summed E-state index contributed by atoms with van der Waals surface area (Å²) >= 11 is 0.912. The normalized spacial score (nSPS) is 21.5. The fourth-order valence-electron chi connectivity index (χ4n) is 3.47. The maximum atomic E-state index is 12.1. The number of piperidine rings is 1. The monoisotopic (exact) mass is 432 g/mol. The zero-order valence-electron chi connectivity index (χ0n) is 17.9. The summed E-state index contributed by atoms with van der Waals surface area (Å²) in [6.45, 7) is 7.24. The number of nitrogens with zero attached hydrogens (tertiary/aromatic N) is 4. The second kappa shape index (κ2) is 9.16. The van der Waals surface area contributed by atoms with Crippen molar-refractivity contribution in [1.29, 1.82) is 0 Å². The molecule has 8 nitrogen and oxygen atoms in total. The lowest BCUT2D eigenvalue weighted by atomic mass is 9.93. The lowest BCUT2D eigenvalue weighted by Gasteiger charge is -2.33. The van der Waals surface area contributed by atoms with E-state index in [-0.39, 0.29) is 17.1 Å². The molecular weight excluding hydrogens is 404 g/mol. The number of ether oxygens (including phenoxy) is 1. The summed E-state index contributed by atoms with van der Waals surface area (Å²) in [4.78, 5) is 48.3. The number of aromatic nitrogens is 2. The number of amides is 2. The SMILES string of the molecule is CN1C(=O)S/C(=C\c2ccnc(N3CCCC(CCC(=O)OC(C)(C)C)C3)n2)C1=O. The summed E-state index contributed by atoms with van der Waals surface area (Å²) in [6, 6.07) is 1.72. The molecular formula is C21H28N4O4S. The lowest BCUT2D eigenvalue weighted by molar-refractivity contribution is -0.155. The molecule has 2 saturated heterocycles. The number of anilines is 1. The zero-order chi connectivity index (χ0) is 21.9. The van der Waals surface area contributed by atoms with Crippen LogP contribution in [-0.4, -0.2) is 57.7 Å². The van der Waals surface area contributed by atoms with E-state index in [4.69, 9.17) is 4.74 Å². The minimum absolute atomic E-state index is 0.164. The second-order valence-electron chi connectivity index (χ2n) is 8.60. The topological polar surface area (TPSA) is 92.7 Å². The van der Waals surface area contributed by atoms with Crippen LogP contribution in [-0.2, 0) is 14.3 Å². The second-order valence-corrected chi connectivity index (χ2v) is 9.59. The predicted molar refractivity (Wildman–Crippen MR) is 116 cm³/mol. The van der Waals surface area contributed by atoms with E-state index >= 15 is 0 Å². The Hall–Kier alpha value is -2.42. The van der Waals surface area contributed by atoms with Gasteiger partial charge in [0, 0.05) is 32.8 Å². The summed E-state index contributed by atoms with van der Waals surface area (Å²) in [5, 5.41) is -0.288. The maximum absolute atomic E-state index is 12.1. The average molecular weight is 433 g/mol. The van der Waals surface area contributed by atoms with Crippen LogP contribution in [0.3, 0.4) is 0 Å². The van der Waals surface area contributed by atoms with Crippen molar-refractivity contribution in [2.24, 2.45) is 5.92 Å². The molecule has 2 aliphatic rings. The Morgan fingerprint density at radius 3 is 2.80 bits per heavy atom. The fourth-order valence-corrected chi connectivity index (χ4v) is 4.28. The molecule has 30 heavy (non-hydrogen) atoms. The van der Waals surface area contributed by atoms with E-state index in [9.17, 15) is 14.4 Å². The summed E-state index contributed by atoms with van der Waals surface area (Å²) in [5.41, 5.74) is 0.131. The van der Waals surface area contributed by atoms with Crippen molar-refractivity contribution in [2.75, 3.05) is 25.0 Å². The van der Waals surface area contributed by atoms with Crippen LogP contribution in [0.25, 0.3) is 6.08 Å². The third-order valence-corrected chi connectivity index (χ3v) is 5.87. The highest BCUT2D eigenvalue weighted by Gasteiger charge is 2.32. The number of likely N-dealkylation sites (N-methyl/N-ethyl adjacent to an activating group) is 1. The molecule has 2 aliphatic heterocycles. The van der Waals surface area contributed by atoms with Gasteiger partial charge in [0.1, 0.15) is 5.60 Å². The molecule has 1 aromatic heterocycles. The molecule has 1 aromatic rings. The molecule has 162 valence electrons. The predicted octanol–water partition coefficient (Wildman–Crippen LogP) is 3.48. The highest BCUT2D eigenvalue weighted by Crippen LogP contribution is 2.31. The molecule has 0 aliphatic carbocycles. The number of carbonyl (C=O) groups is 3. The third-order valence-electron chi connectivity index (χ3n) is 4.91. The first-order valence-corrected chi connectivity index (χ1v) is 11.0. The maximum Gasteiger partial charge on any atom is 0.306 e. The number of hydrogen-bond donors (Lipinski definition) is 0. The van der Waals surface area contributed by atoms with Gasteiger partial charge in [0.05, 0.1) is 10.6 Å². The Morgan fingerprint density at radius 2 is 2.13 bits per heavy atom. The van der Waals surface area contributed by atoms with Gasteiger partial charge in [-0.2, -0.15) is 0 Å². The standard InChI is InChI=1S/C21H28N4O4S/c1-21(2,3)29-17(26)8-7-14-6-5-11-25(13-14)19-22-10-9-15(23-19)12-16-18(27)24(4)20(28)30-16/h9-10,12,14H,5-8,11,13H2,1-4H3/b16-12-. The van der Waals surface area contributed by atoms with E-state index in [2.05, 4.69) is 14.9 Å². The number of rotatable bonds is 5. The summed E-state index contributed by atoms with van der Waals surface area (Å²) in [5.74, 6) is 0.490. The number of esters is 1. The van der Waals surface area contributed by atoms with Gasteiger partial charge in [-0.05, 0) is 69.9 Å². The number of hydrogen-bond acceptors (Lipinski definition) is 8. The third kappa shape index (κ3) is 5.81. The summed E-state index contributed by atoms with van der Waals surface area (Å²) < 4.78 is 5.40. The zero-order valence-corrected chi connectivity index (χ0v) is 18.7. The smallest absolute Gasteiger partial charge is 0.306 e. The van der Waals surface area contributed by atoms with Crippen LogP contribution in [0.4, 0.5) is 10.7 Å². The van der Waals surface area contributed by atoms with Crippen LogP contribution in [0.2, 0.25) is 0 Å². The molecule has 3 heterocycles. The Balaban J connectivity index is 1.62. The minimum Gasteiger partial charge on any atom is -0.460 e. The number of imide groups is 1. The Kier molecular flexibility index (Phi) is 6.80. The van der Waals surface area contributed by atoms with E-state index in [0.717, 1.165) is 49.0 Å². The summed E-state index contributed by atoms with van der Waals surface area (Å²) in [7, 11) is 1.47. The van der Waals surface area contributed by atoms with Crippen LogP contribution in [0.15, 0.2) is 17.2 Å². The van der Waals surface area contributed by atoms with E-state index in [1.165, 1.54) is 7.05 Å². The largest absolute Gasteiger partial charge is 0.460 e. The lowest BCUT2D eigenvalue weighted by Crippen LogP contribution is -2.37. The first-order valence-electron chi connectivity index (χ1n) is 10.1. The Morgan fingerprint density at radius 1 is 1.37 bits per heavy atom. The molecule has 1 unspecified atom stereocenters. The highest BCUT2D eigenvalue weighted by molar-refractivity contribution is 8.18. The van der Waals surface area contributed by atoms with Crippen LogP contribution in [0, 0.1) is 5.92 Å². The van der Waals surface area contributed by atoms with Gasteiger partial charge in [0.25, 0.3) is 11.1 Å². The van der Waals surface area contributed by atoms with Gasteiger partial charge in [-0.3, -0.25) is 19.3 Å². The first kappa shape index (κ1) is 22.3. The van der Waals surface area contributed by atoms with Gasteiger partial charge in [0.15, 0.2) is 0 Å². The van der Waals surface area contributed by atoms with Crippen molar-refractivity contribution in [3.63, 3.8) is 0 Å². The van der Waals surface area contributed by atoms with Crippen LogP contribution < -0.4 is 4.90 Å². The van der Waals surface area contributed by atoms with Crippen LogP contribution in [0.5, 0.6) is 0 Å². The van der Waals surface area contributed by atoms with Gasteiger partial charge in [0.2, 0.25) is 5.95 Å². The van der Waals surface area contributed by atoms with E-state index in [1.807, 2.05) is 20.8 Å². The molecule has 2 amide bonds. The molecule has 9 heteroatoms. The molecule has 0 N–H and O–H groups in total. The molecule has 0 saturated carbocycles. The number of carbonyl (C=O) groups excluding carboxylic acids is 3. The molecule has 3 rings (SSSR count). The number of thioether (sulfide) groups is 1. The molecule has 1 atom stereocenters. The first-order chi connectivity index (χ1) is 14.1. The molecule has 0 bridgehead atoms. The quantitative estimate of drug-likeness (QED) is 0.516. The van der Waals surface area contributed by atoms with E-state index in [0.29, 0.717) is 28.9 Å². The van der Waals surface area contributed by atoms with Gasteiger partial charge in [-0.25, -0.2) is 9.97 Å². The van der Waals surface area contributed by atoms with E-state index < -0.39 is 5.60 Å². The Labute approximate surface area is 181 Å². The van der Waals surface area contributed by atoms with Gasteiger partial charge >= 0.3 is 5.97 Å². The van der Waals surface area contributed by atoms with Gasteiger partial charge < -0.3 is 9.64 Å². The van der Waals surface area contributed by atoms with Crippen LogP contribution >= 0.6 is 11.8 Å². The van der Waals surface area contributed by atoms with Crippen molar-refractivity contribution >= 4 is 40.9 Å². The minimum atomic E-state index is -0.461. The fraction of sp³-hybridized carbons (Fsp3) is 0.571. The molecule has 0 spiro atoms. The van der Waals surface area contributed by atoms with Crippen molar-refractivity contribution in [2.45, 2.75) is 52.1 Å². The highest BCUT2D eigenvalue weighted by atomic mass is 32.2. The van der Waals surface area contributed by atoms with Crippen molar-refractivity contribution in [3.8, 4) is 0 Å². The van der Waals surface area contributed by atoms with Crippen LogP contribution in [0.1, 0.15) is 52.1 Å². The van der Waals surface area contributed by atoms with Crippen molar-refractivity contribution in [1.82, 2.24) is 14.9 Å². The molecule has 2 fully saturated rings. The molecule has 0 radical (unpaired) electrons. The Bertz CT molecular complexity index is 865. The van der Waals surface area contributed by atoms with Crippen molar-refractivity contribution in [3.05, 3.63) is 22.9 Å². The van der Waals surface area contributed by atoms with Crippen molar-refractivity contribution < 1.29 is 19.1 Å². The van der Waals surface area contributed by atoms with E-state index in [1.54, 1.807) is 18.3 Å². The summed E-state index contributed by atoms with van der Waals surface area (Å²) in [6.07, 6.45) is 6.53.